The molecule has 0 bridgehead atoms. The van der Waals surface area contributed by atoms with Crippen LogP contribution in [0.1, 0.15) is 31.2 Å². The predicted molar refractivity (Wildman–Crippen MR) is 88.3 cm³/mol. The van der Waals surface area contributed by atoms with Crippen molar-refractivity contribution in [2.45, 2.75) is 38.2 Å². The van der Waals surface area contributed by atoms with E-state index in [1.54, 1.807) is 29.2 Å². The van der Waals surface area contributed by atoms with Gasteiger partial charge >= 0.3 is 0 Å². The lowest BCUT2D eigenvalue weighted by Crippen LogP contribution is -2.62. The largest absolute Gasteiger partial charge is 0.508 e. The molecule has 6 heteroatoms. The van der Waals surface area contributed by atoms with Gasteiger partial charge in [0.05, 0.1) is 11.5 Å². The Hall–Kier alpha value is -2.08. The molecule has 6 nitrogen and oxygen atoms in total. The number of hydrogen-bond donors (Lipinski definition) is 3. The summed E-state index contributed by atoms with van der Waals surface area (Å²) in [5.41, 5.74) is 0.147. The van der Waals surface area contributed by atoms with E-state index in [4.69, 9.17) is 0 Å². The van der Waals surface area contributed by atoms with Crippen molar-refractivity contribution in [1.82, 2.24) is 10.2 Å². The zero-order chi connectivity index (χ0) is 17.2. The van der Waals surface area contributed by atoms with Crippen molar-refractivity contribution in [3.63, 3.8) is 0 Å². The van der Waals surface area contributed by atoms with Crippen LogP contribution in [-0.2, 0) is 16.0 Å². The van der Waals surface area contributed by atoms with Crippen molar-refractivity contribution in [3.8, 4) is 5.75 Å². The Bertz CT molecular complexity index is 616. The molecule has 1 aromatic carbocycles. The maximum Gasteiger partial charge on any atom is 0.230 e. The van der Waals surface area contributed by atoms with Crippen LogP contribution in [0.3, 0.4) is 0 Å². The molecule has 0 aliphatic carbocycles. The van der Waals surface area contributed by atoms with Gasteiger partial charge < -0.3 is 20.4 Å². The minimum absolute atomic E-state index is 0.00715. The Balaban J connectivity index is 1.62. The second kappa shape index (κ2) is 6.81. The second-order valence-electron chi connectivity index (χ2n) is 6.80. The number of nitrogens with zero attached hydrogens (tertiary/aromatic N) is 1. The van der Waals surface area contributed by atoms with Crippen molar-refractivity contribution in [3.05, 3.63) is 29.8 Å². The number of aromatic hydroxyl groups is 1. The fourth-order valence-corrected chi connectivity index (χ4v) is 3.73. The predicted octanol–water partition coefficient (Wildman–Crippen LogP) is 0.814. The number of phenolic OH excluding ortho intramolecular Hbond substituents is 1. The van der Waals surface area contributed by atoms with Crippen LogP contribution in [0, 0.1) is 5.41 Å². The highest BCUT2D eigenvalue weighted by Crippen LogP contribution is 2.37. The van der Waals surface area contributed by atoms with Gasteiger partial charge in [-0.25, -0.2) is 0 Å². The van der Waals surface area contributed by atoms with Gasteiger partial charge in [0.2, 0.25) is 11.8 Å². The fraction of sp³-hybridized carbons (Fsp3) is 0.556. The van der Waals surface area contributed by atoms with Crippen molar-refractivity contribution < 1.29 is 19.8 Å². The molecule has 0 radical (unpaired) electrons. The first-order chi connectivity index (χ1) is 11.5. The van der Waals surface area contributed by atoms with Crippen LogP contribution in [0.5, 0.6) is 5.75 Å². The number of rotatable bonds is 3. The van der Waals surface area contributed by atoms with Crippen LogP contribution in [0.2, 0.25) is 0 Å². The van der Waals surface area contributed by atoms with Crippen LogP contribution < -0.4 is 5.32 Å². The number of carbonyl (C=O) groups excluding carboxylic acids is 2. The molecule has 3 N–H and O–H groups in total. The monoisotopic (exact) mass is 332 g/mol. The summed E-state index contributed by atoms with van der Waals surface area (Å²) >= 11 is 0. The lowest BCUT2D eigenvalue weighted by molar-refractivity contribution is -0.154. The van der Waals surface area contributed by atoms with Gasteiger partial charge in [0.25, 0.3) is 0 Å². The minimum Gasteiger partial charge on any atom is -0.508 e. The summed E-state index contributed by atoms with van der Waals surface area (Å²) in [4.78, 5) is 26.6. The van der Waals surface area contributed by atoms with Gasteiger partial charge in [-0.2, -0.15) is 0 Å². The topological polar surface area (TPSA) is 89.9 Å². The van der Waals surface area contributed by atoms with Crippen molar-refractivity contribution in [2.75, 3.05) is 19.6 Å². The molecule has 0 saturated carbocycles. The molecular formula is C18H24N2O4. The highest BCUT2D eigenvalue weighted by atomic mass is 16.3. The lowest BCUT2D eigenvalue weighted by Gasteiger charge is -2.46. The highest BCUT2D eigenvalue weighted by molar-refractivity contribution is 5.86. The fourth-order valence-electron chi connectivity index (χ4n) is 3.73. The van der Waals surface area contributed by atoms with Gasteiger partial charge in [-0.1, -0.05) is 12.1 Å². The van der Waals surface area contributed by atoms with Crippen LogP contribution in [0.15, 0.2) is 24.3 Å². The molecule has 1 aromatic rings. The number of aliphatic hydroxyl groups is 1. The quantitative estimate of drug-likeness (QED) is 0.764. The molecule has 2 aliphatic rings. The third kappa shape index (κ3) is 3.24. The van der Waals surface area contributed by atoms with E-state index in [2.05, 4.69) is 5.32 Å². The Kier molecular flexibility index (Phi) is 4.76. The first-order valence-corrected chi connectivity index (χ1v) is 8.53. The summed E-state index contributed by atoms with van der Waals surface area (Å²) in [7, 11) is 0. The summed E-state index contributed by atoms with van der Waals surface area (Å²) in [5.74, 6) is 0.0883. The molecule has 2 aliphatic heterocycles. The zero-order valence-corrected chi connectivity index (χ0v) is 13.7. The van der Waals surface area contributed by atoms with E-state index in [-0.39, 0.29) is 17.6 Å². The highest BCUT2D eigenvalue weighted by Gasteiger charge is 2.50. The van der Waals surface area contributed by atoms with Crippen molar-refractivity contribution in [2.24, 2.45) is 5.41 Å². The van der Waals surface area contributed by atoms with Crippen LogP contribution in [-0.4, -0.2) is 52.7 Å². The van der Waals surface area contributed by atoms with Crippen LogP contribution in [0.25, 0.3) is 0 Å². The molecule has 2 amide bonds. The lowest BCUT2D eigenvalue weighted by atomic mass is 9.71. The summed E-state index contributed by atoms with van der Waals surface area (Å²) in [6.07, 6.45) is 2.17. The Morgan fingerprint density at radius 1 is 1.33 bits per heavy atom. The molecular weight excluding hydrogens is 308 g/mol. The standard InChI is InChI=1S/C18H24N2O4/c21-14-5-2-13(3-6-14)4-7-16(23)20-11-8-15(22)18(12-20)9-1-10-19-17(18)24/h2-3,5-6,15,21-22H,1,4,7-12H2,(H,19,24)/t15-,18-/m1/s1. The summed E-state index contributed by atoms with van der Waals surface area (Å²) in [6.45, 7) is 1.43. The molecule has 2 atom stereocenters. The van der Waals surface area contributed by atoms with E-state index < -0.39 is 11.5 Å². The Labute approximate surface area is 141 Å². The normalized spacial score (nSPS) is 27.1. The average molecular weight is 332 g/mol. The molecule has 24 heavy (non-hydrogen) atoms. The summed E-state index contributed by atoms with van der Waals surface area (Å²) < 4.78 is 0. The molecule has 3 rings (SSSR count). The molecule has 2 fully saturated rings. The second-order valence-corrected chi connectivity index (χ2v) is 6.80. The van der Waals surface area contributed by atoms with Gasteiger partial charge in [-0.05, 0) is 43.4 Å². The molecule has 2 saturated heterocycles. The van der Waals surface area contributed by atoms with Crippen LogP contribution in [0.4, 0.5) is 0 Å². The van der Waals surface area contributed by atoms with Gasteiger partial charge in [-0.3, -0.25) is 9.59 Å². The van der Waals surface area contributed by atoms with E-state index in [1.807, 2.05) is 0 Å². The van der Waals surface area contributed by atoms with Gasteiger partial charge in [-0.15, -0.1) is 0 Å². The summed E-state index contributed by atoms with van der Waals surface area (Å²) in [5, 5.41) is 22.5. The first-order valence-electron chi connectivity index (χ1n) is 8.53. The number of hydrogen-bond acceptors (Lipinski definition) is 4. The number of carbonyl (C=O) groups is 2. The molecule has 0 aromatic heterocycles. The molecule has 1 spiro atoms. The van der Waals surface area contributed by atoms with Crippen LogP contribution >= 0.6 is 0 Å². The zero-order valence-electron chi connectivity index (χ0n) is 13.7. The van der Waals surface area contributed by atoms with Gasteiger partial charge in [0.1, 0.15) is 5.75 Å². The van der Waals surface area contributed by atoms with E-state index in [1.165, 1.54) is 0 Å². The number of aryl methyl sites for hydroxylation is 1. The number of likely N-dealkylation sites (tertiary alicyclic amines) is 1. The van der Waals surface area contributed by atoms with Crippen molar-refractivity contribution >= 4 is 11.8 Å². The average Bonchev–Trinajstić information content (AvgIpc) is 2.59. The SMILES string of the molecule is O=C(CCc1ccc(O)cc1)N1CC[C@@H](O)[C@@]2(CCCNC2=O)C1. The Morgan fingerprint density at radius 3 is 2.79 bits per heavy atom. The van der Waals surface area contributed by atoms with E-state index >= 15 is 0 Å². The number of phenols is 1. The Morgan fingerprint density at radius 2 is 2.08 bits per heavy atom. The maximum atomic E-state index is 12.5. The third-order valence-electron chi connectivity index (χ3n) is 5.24. The number of amides is 2. The van der Waals surface area contributed by atoms with E-state index in [9.17, 15) is 19.8 Å². The van der Waals surface area contributed by atoms with Gasteiger partial charge in [0, 0.05) is 26.1 Å². The third-order valence-corrected chi connectivity index (χ3v) is 5.24. The van der Waals surface area contributed by atoms with Gasteiger partial charge in [0.15, 0.2) is 0 Å². The van der Waals surface area contributed by atoms with E-state index in [0.29, 0.717) is 45.3 Å². The maximum absolute atomic E-state index is 12.5. The minimum atomic E-state index is -0.843. The van der Waals surface area contributed by atoms with E-state index in [0.717, 1.165) is 12.0 Å². The first kappa shape index (κ1) is 16.8. The number of aliphatic hydroxyl groups excluding tert-OH is 1. The number of benzene rings is 1. The number of nitrogens with one attached hydrogen (secondary N) is 1. The molecule has 130 valence electrons. The molecule has 2 heterocycles. The van der Waals surface area contributed by atoms with Crippen molar-refractivity contribution in [1.29, 1.82) is 0 Å². The summed E-state index contributed by atoms with van der Waals surface area (Å²) in [6, 6.07) is 6.83. The smallest absolute Gasteiger partial charge is 0.230 e. The molecule has 0 unspecified atom stereocenters. The number of piperidine rings is 2.